The van der Waals surface area contributed by atoms with Gasteiger partial charge in [0.15, 0.2) is 6.29 Å². The maximum absolute atomic E-state index is 13.8. The molecule has 1 saturated heterocycles. The number of esters is 2. The fourth-order valence-corrected chi connectivity index (χ4v) is 8.11. The van der Waals surface area contributed by atoms with Gasteiger partial charge in [0, 0.05) is 30.1 Å². The zero-order valence-corrected chi connectivity index (χ0v) is 25.1. The number of ether oxygens (including phenoxy) is 4. The molecule has 1 saturated carbocycles. The topological polar surface area (TPSA) is 132 Å². The highest BCUT2D eigenvalue weighted by Crippen LogP contribution is 2.64. The summed E-state index contributed by atoms with van der Waals surface area (Å²) >= 11 is 0. The van der Waals surface area contributed by atoms with Crippen LogP contribution in [-0.4, -0.2) is 75.8 Å². The average Bonchev–Trinajstić information content (AvgIpc) is 3.37. The van der Waals surface area contributed by atoms with Gasteiger partial charge in [0.05, 0.1) is 24.2 Å². The van der Waals surface area contributed by atoms with Gasteiger partial charge in [-0.2, -0.15) is 0 Å². The second-order valence-corrected chi connectivity index (χ2v) is 13.0. The first kappa shape index (κ1) is 30.6. The molecule has 10 atom stereocenters. The van der Waals surface area contributed by atoms with Crippen molar-refractivity contribution in [3.63, 3.8) is 0 Å². The molecule has 42 heavy (non-hydrogen) atoms. The maximum atomic E-state index is 13.8. The van der Waals surface area contributed by atoms with E-state index >= 15 is 0 Å². The summed E-state index contributed by atoms with van der Waals surface area (Å²) in [7, 11) is 0. The van der Waals surface area contributed by atoms with E-state index < -0.39 is 83.1 Å². The fraction of sp³-hybridized carbons (Fsp3) is 0.576. The van der Waals surface area contributed by atoms with E-state index in [9.17, 15) is 24.9 Å². The van der Waals surface area contributed by atoms with Crippen molar-refractivity contribution in [3.8, 4) is 0 Å². The third-order valence-electron chi connectivity index (χ3n) is 10.4. The zero-order valence-electron chi connectivity index (χ0n) is 25.1. The van der Waals surface area contributed by atoms with Crippen molar-refractivity contribution < 1.29 is 43.9 Å². The predicted molar refractivity (Wildman–Crippen MR) is 153 cm³/mol. The van der Waals surface area contributed by atoms with Crippen LogP contribution in [0.1, 0.15) is 58.3 Å². The molecule has 4 aliphatic rings. The quantitative estimate of drug-likeness (QED) is 0.353. The molecule has 0 unspecified atom stereocenters. The standard InChI is InChI=1S/C33H42O9/c1-8-23-39-25-24-19(3)22(36)16-33(38,30(24,5)6)28(41-29(37)21-12-10-9-11-13-21)26-31(7,27(25)40-23)15-14-18(2)32(26,17-34)42-20(4)35/h8-15,18,22-23,25-28,34,36,38H,1,16-17H2,2-7H3/t18-,22+,23-,25-,26+,27-,28+,31-,32+,33-/m1/s1. The summed E-state index contributed by atoms with van der Waals surface area (Å²) < 4.78 is 25.3. The number of hydrogen-bond acceptors (Lipinski definition) is 9. The largest absolute Gasteiger partial charge is 0.456 e. The summed E-state index contributed by atoms with van der Waals surface area (Å²) in [5.74, 6) is -2.92. The Hall–Kier alpha value is -2.82. The molecule has 3 N–H and O–H groups in total. The molecule has 3 aliphatic carbocycles. The van der Waals surface area contributed by atoms with E-state index in [1.165, 1.54) is 13.0 Å². The number of aliphatic hydroxyl groups is 3. The lowest BCUT2D eigenvalue weighted by Gasteiger charge is -2.64. The van der Waals surface area contributed by atoms with Crippen LogP contribution < -0.4 is 0 Å². The molecule has 2 fully saturated rings. The second-order valence-electron chi connectivity index (χ2n) is 13.0. The third-order valence-corrected chi connectivity index (χ3v) is 10.4. The summed E-state index contributed by atoms with van der Waals surface area (Å²) in [6.07, 6.45) is 0.365. The van der Waals surface area contributed by atoms with Crippen LogP contribution in [0.5, 0.6) is 0 Å². The Labute approximate surface area is 246 Å². The molecule has 0 aromatic heterocycles. The van der Waals surface area contributed by atoms with E-state index in [4.69, 9.17) is 18.9 Å². The predicted octanol–water partition coefficient (Wildman–Crippen LogP) is 3.48. The van der Waals surface area contributed by atoms with Gasteiger partial charge in [0.1, 0.15) is 29.5 Å². The molecule has 2 bridgehead atoms. The first-order chi connectivity index (χ1) is 19.7. The van der Waals surface area contributed by atoms with Crippen molar-refractivity contribution in [3.05, 3.63) is 71.8 Å². The minimum atomic E-state index is -1.90. The van der Waals surface area contributed by atoms with Crippen molar-refractivity contribution in [2.45, 2.75) is 89.9 Å². The van der Waals surface area contributed by atoms with E-state index in [0.717, 1.165) is 0 Å². The van der Waals surface area contributed by atoms with Crippen molar-refractivity contribution in [1.82, 2.24) is 0 Å². The van der Waals surface area contributed by atoms with Gasteiger partial charge < -0.3 is 34.3 Å². The smallest absolute Gasteiger partial charge is 0.338 e. The third kappa shape index (κ3) is 4.24. The summed E-state index contributed by atoms with van der Waals surface area (Å²) in [6.45, 7) is 13.7. The van der Waals surface area contributed by atoms with Crippen LogP contribution in [-0.2, 0) is 23.7 Å². The number of rotatable bonds is 5. The highest BCUT2D eigenvalue weighted by molar-refractivity contribution is 5.89. The van der Waals surface area contributed by atoms with E-state index in [0.29, 0.717) is 11.1 Å². The molecule has 1 aliphatic heterocycles. The molecule has 0 radical (unpaired) electrons. The van der Waals surface area contributed by atoms with Crippen molar-refractivity contribution in [2.75, 3.05) is 6.61 Å². The fourth-order valence-electron chi connectivity index (χ4n) is 8.11. The molecule has 0 spiro atoms. The Morgan fingerprint density at radius 1 is 1.17 bits per heavy atom. The van der Waals surface area contributed by atoms with Gasteiger partial charge in [-0.25, -0.2) is 4.79 Å². The number of carbonyl (C=O) groups excluding carboxylic acids is 2. The highest BCUT2D eigenvalue weighted by Gasteiger charge is 2.73. The second kappa shape index (κ2) is 10.4. The molecule has 5 rings (SSSR count). The minimum absolute atomic E-state index is 0.169. The van der Waals surface area contributed by atoms with Gasteiger partial charge in [-0.3, -0.25) is 4.79 Å². The zero-order chi connectivity index (χ0) is 30.8. The Bertz CT molecular complexity index is 1320. The monoisotopic (exact) mass is 582 g/mol. The van der Waals surface area contributed by atoms with Crippen molar-refractivity contribution >= 4 is 11.9 Å². The molecule has 0 amide bonds. The molecule has 9 heteroatoms. The van der Waals surface area contributed by atoms with Gasteiger partial charge >= 0.3 is 11.9 Å². The van der Waals surface area contributed by atoms with Gasteiger partial charge in [-0.1, -0.05) is 64.6 Å². The first-order valence-corrected chi connectivity index (χ1v) is 14.5. The van der Waals surface area contributed by atoms with E-state index in [1.807, 2.05) is 39.8 Å². The Balaban J connectivity index is 1.85. The molecule has 228 valence electrons. The lowest BCUT2D eigenvalue weighted by Crippen LogP contribution is -2.74. The number of benzene rings is 1. The first-order valence-electron chi connectivity index (χ1n) is 14.5. The number of carbonyl (C=O) groups is 2. The van der Waals surface area contributed by atoms with E-state index in [1.54, 1.807) is 37.3 Å². The highest BCUT2D eigenvalue weighted by atomic mass is 16.7. The van der Waals surface area contributed by atoms with Crippen LogP contribution in [0.2, 0.25) is 0 Å². The van der Waals surface area contributed by atoms with Gasteiger partial charge in [-0.15, -0.1) is 0 Å². The SMILES string of the molecule is C=C[C@@H]1O[C@@H]2C3=C(C)[C@@H](O)C[C@@](O)([C@@H](OC(=O)c4ccccc4)[C@H]4[C@@](C)(C=C[C@@H](C)[C@]4(CO)OC(C)=O)[C@@H]2O1)C3(C)C. The van der Waals surface area contributed by atoms with Gasteiger partial charge in [0.25, 0.3) is 0 Å². The van der Waals surface area contributed by atoms with Crippen molar-refractivity contribution in [1.29, 1.82) is 0 Å². The summed E-state index contributed by atoms with van der Waals surface area (Å²) in [5.41, 5.74) is -4.24. The van der Waals surface area contributed by atoms with Crippen LogP contribution in [0.3, 0.4) is 0 Å². The van der Waals surface area contributed by atoms with Gasteiger partial charge in [-0.05, 0) is 36.3 Å². The molecular formula is C33H42O9. The van der Waals surface area contributed by atoms with E-state index in [2.05, 4.69) is 6.58 Å². The lowest BCUT2D eigenvalue weighted by atomic mass is 9.46. The number of fused-ring (bicyclic) bond motifs is 6. The molecule has 1 aromatic carbocycles. The Morgan fingerprint density at radius 3 is 2.43 bits per heavy atom. The normalized spacial score (nSPS) is 42.1. The lowest BCUT2D eigenvalue weighted by molar-refractivity contribution is -0.260. The summed E-state index contributed by atoms with van der Waals surface area (Å²) in [4.78, 5) is 26.5. The Morgan fingerprint density at radius 2 is 1.83 bits per heavy atom. The summed E-state index contributed by atoms with van der Waals surface area (Å²) in [5, 5.41) is 35.6. The van der Waals surface area contributed by atoms with Crippen LogP contribution >= 0.6 is 0 Å². The minimum Gasteiger partial charge on any atom is -0.456 e. The molecule has 9 nitrogen and oxygen atoms in total. The van der Waals surface area contributed by atoms with Crippen LogP contribution in [0.25, 0.3) is 0 Å². The Kier molecular flexibility index (Phi) is 7.60. The number of hydrogen-bond donors (Lipinski definition) is 3. The van der Waals surface area contributed by atoms with Gasteiger partial charge in [0.2, 0.25) is 0 Å². The summed E-state index contributed by atoms with van der Waals surface area (Å²) in [6, 6.07) is 8.41. The van der Waals surface area contributed by atoms with Crippen LogP contribution in [0.15, 0.2) is 66.3 Å². The van der Waals surface area contributed by atoms with E-state index in [-0.39, 0.29) is 12.0 Å². The molecular weight excluding hydrogens is 540 g/mol. The average molecular weight is 583 g/mol. The number of aliphatic hydroxyl groups excluding tert-OH is 2. The molecule has 1 aromatic rings. The maximum Gasteiger partial charge on any atom is 0.338 e. The van der Waals surface area contributed by atoms with Crippen molar-refractivity contribution in [2.24, 2.45) is 22.7 Å². The molecule has 1 heterocycles. The van der Waals surface area contributed by atoms with Crippen LogP contribution in [0, 0.1) is 22.7 Å². The van der Waals surface area contributed by atoms with Crippen LogP contribution in [0.4, 0.5) is 0 Å².